The smallest absolute Gasteiger partial charge is 0.270 e. The molecule has 2 N–H and O–H groups in total. The predicted molar refractivity (Wildman–Crippen MR) is 175 cm³/mol. The molecule has 0 atom stereocenters. The van der Waals surface area contributed by atoms with Gasteiger partial charge in [0.15, 0.2) is 0 Å². The summed E-state index contributed by atoms with van der Waals surface area (Å²) in [4.78, 5) is 29.5. The van der Waals surface area contributed by atoms with Crippen molar-refractivity contribution >= 4 is 51.3 Å². The van der Waals surface area contributed by atoms with Crippen molar-refractivity contribution in [2.24, 2.45) is 0 Å². The van der Waals surface area contributed by atoms with E-state index in [4.69, 9.17) is 4.42 Å². The van der Waals surface area contributed by atoms with Crippen LogP contribution in [-0.2, 0) is 0 Å². The number of nitrogens with one attached hydrogen (secondary N) is 2. The fourth-order valence-electron chi connectivity index (χ4n) is 5.04. The summed E-state index contributed by atoms with van der Waals surface area (Å²) in [6, 6.07) is 18.1. The maximum Gasteiger partial charge on any atom is 0.270 e. The lowest BCUT2D eigenvalue weighted by molar-refractivity contribution is 0.0719. The molecule has 3 aromatic carbocycles. The maximum atomic E-state index is 13.6. The van der Waals surface area contributed by atoms with Crippen LogP contribution >= 0.6 is 11.9 Å². The van der Waals surface area contributed by atoms with Gasteiger partial charge in [-0.05, 0) is 73.9 Å². The molecule has 0 aliphatic carbocycles. The van der Waals surface area contributed by atoms with Gasteiger partial charge < -0.3 is 23.9 Å². The molecule has 2 aromatic heterocycles. The first-order valence-corrected chi connectivity index (χ1v) is 15.2. The number of aromatic nitrogens is 1. The number of aromatic amines is 1. The van der Waals surface area contributed by atoms with E-state index < -0.39 is 0 Å². The second-order valence-electron chi connectivity index (χ2n) is 9.99. The number of likely N-dealkylation sites (tertiary alicyclic amines) is 1. The van der Waals surface area contributed by atoms with Gasteiger partial charge in [0.05, 0.1) is 11.3 Å². The average Bonchev–Trinajstić information content (AvgIpc) is 3.68. The highest BCUT2D eigenvalue weighted by Crippen LogP contribution is 2.36. The van der Waals surface area contributed by atoms with E-state index in [1.807, 2.05) is 40.7 Å². The van der Waals surface area contributed by atoms with E-state index in [1.165, 1.54) is 24.6 Å². The van der Waals surface area contributed by atoms with Gasteiger partial charge in [-0.3, -0.25) is 9.59 Å². The lowest BCUT2D eigenvalue weighted by Gasteiger charge is -2.26. The Morgan fingerprint density at radius 3 is 2.32 bits per heavy atom. The van der Waals surface area contributed by atoms with Gasteiger partial charge in [0.1, 0.15) is 28.7 Å². The summed E-state index contributed by atoms with van der Waals surface area (Å²) < 4.78 is 34.7. The Kier molecular flexibility index (Phi) is 10.7. The minimum Gasteiger partial charge on any atom is -0.455 e. The van der Waals surface area contributed by atoms with Crippen LogP contribution in [0.3, 0.4) is 0 Å². The predicted octanol–water partition coefficient (Wildman–Crippen LogP) is 7.50. The Bertz CT molecular complexity index is 1770. The van der Waals surface area contributed by atoms with Crippen LogP contribution in [0.2, 0.25) is 0 Å². The van der Waals surface area contributed by atoms with Crippen molar-refractivity contribution in [2.45, 2.75) is 19.3 Å². The summed E-state index contributed by atoms with van der Waals surface area (Å²) in [6.07, 6.45) is 13.3. The minimum atomic E-state index is -0.333. The number of carbonyl (C=O) groups excluding carboxylic acids is 2. The number of halogens is 2. The molecule has 0 saturated carbocycles. The van der Waals surface area contributed by atoms with E-state index >= 15 is 0 Å². The number of carbonyl (C=O) groups is 2. The summed E-state index contributed by atoms with van der Waals surface area (Å²) in [6.45, 7) is 1.60. The number of rotatable bonds is 5. The van der Waals surface area contributed by atoms with Gasteiger partial charge in [0.2, 0.25) is 0 Å². The number of amides is 2. The van der Waals surface area contributed by atoms with Crippen molar-refractivity contribution in [1.82, 2.24) is 15.2 Å². The quantitative estimate of drug-likeness (QED) is 0.158. The molecule has 7 nitrogen and oxygen atoms in total. The van der Waals surface area contributed by atoms with Crippen molar-refractivity contribution in [3.8, 4) is 24.2 Å². The van der Waals surface area contributed by atoms with Crippen LogP contribution in [0.25, 0.3) is 33.2 Å². The van der Waals surface area contributed by atoms with Crippen LogP contribution in [0.15, 0.2) is 71.1 Å². The van der Waals surface area contributed by atoms with E-state index in [2.05, 4.69) is 23.1 Å². The Morgan fingerprint density at radius 2 is 1.68 bits per heavy atom. The Morgan fingerprint density at radius 1 is 0.977 bits per heavy atom. The first-order chi connectivity index (χ1) is 21.3. The molecular weight excluding hydrogens is 582 g/mol. The van der Waals surface area contributed by atoms with E-state index in [-0.39, 0.29) is 23.4 Å². The normalized spacial score (nSPS) is 12.6. The number of fused-ring (bicyclic) bond motifs is 2. The number of anilines is 1. The van der Waals surface area contributed by atoms with Gasteiger partial charge in [-0.15, -0.1) is 12.8 Å². The molecule has 6 rings (SSSR count). The topological polar surface area (TPSA) is 81.6 Å². The summed E-state index contributed by atoms with van der Waals surface area (Å²) in [7, 11) is 3.53. The first kappa shape index (κ1) is 32.2. The standard InChI is InChI=1S/C18H17FN2O2S.C14H15FN2O.C2H2/c1-20-18(22)16-14-9-8-13(21(2)24-3)10-15(14)23-17(16)11-4-6-12(19)7-5-11;15-11-5-4-6-12-10(11)9-13(16-12)14(18)17-7-2-1-3-8-17;1-2/h4-10H,1-3H3,(H,20,22);4-6,9,16H,1-3,7-8H2;1-2H. The van der Waals surface area contributed by atoms with Crippen LogP contribution in [0, 0.1) is 24.5 Å². The molecule has 5 aromatic rings. The molecule has 228 valence electrons. The van der Waals surface area contributed by atoms with Crippen LogP contribution in [0.5, 0.6) is 0 Å². The summed E-state index contributed by atoms with van der Waals surface area (Å²) in [5.74, 6) is -0.445. The van der Waals surface area contributed by atoms with Gasteiger partial charge >= 0.3 is 0 Å². The van der Waals surface area contributed by atoms with Gasteiger partial charge in [-0.2, -0.15) is 0 Å². The highest BCUT2D eigenvalue weighted by atomic mass is 32.2. The molecule has 0 unspecified atom stereocenters. The van der Waals surface area contributed by atoms with Gasteiger partial charge in [-0.1, -0.05) is 18.0 Å². The van der Waals surface area contributed by atoms with Crippen LogP contribution in [-0.4, -0.2) is 55.1 Å². The molecule has 10 heteroatoms. The summed E-state index contributed by atoms with van der Waals surface area (Å²) in [5.41, 5.74) is 3.86. The fraction of sp³-hybridized carbons (Fsp3) is 0.235. The minimum absolute atomic E-state index is 0.0229. The van der Waals surface area contributed by atoms with Gasteiger partial charge in [0.25, 0.3) is 11.8 Å². The Balaban J connectivity index is 0.000000197. The summed E-state index contributed by atoms with van der Waals surface area (Å²) in [5, 5.41) is 3.85. The van der Waals surface area contributed by atoms with Gasteiger partial charge in [-0.25, -0.2) is 8.78 Å². The number of terminal acetylenes is 1. The average molecular weight is 617 g/mol. The van der Waals surface area contributed by atoms with Crippen molar-refractivity contribution in [2.75, 3.05) is 37.7 Å². The van der Waals surface area contributed by atoms with E-state index in [9.17, 15) is 18.4 Å². The maximum absolute atomic E-state index is 13.6. The molecule has 2 amide bonds. The van der Waals surface area contributed by atoms with E-state index in [0.29, 0.717) is 39.1 Å². The zero-order chi connectivity index (χ0) is 31.8. The Labute approximate surface area is 259 Å². The fourth-order valence-corrected chi connectivity index (χ4v) is 5.37. The molecule has 0 bridgehead atoms. The molecular formula is C34H34F2N4O3S. The summed E-state index contributed by atoms with van der Waals surface area (Å²) >= 11 is 1.58. The number of piperidine rings is 1. The second-order valence-corrected chi connectivity index (χ2v) is 10.9. The molecule has 44 heavy (non-hydrogen) atoms. The van der Waals surface area contributed by atoms with E-state index in [1.54, 1.807) is 49.3 Å². The third-order valence-corrected chi connectivity index (χ3v) is 8.11. The zero-order valence-electron chi connectivity index (χ0n) is 24.8. The van der Waals surface area contributed by atoms with Crippen LogP contribution in [0.4, 0.5) is 14.5 Å². The third-order valence-electron chi connectivity index (χ3n) is 7.36. The molecule has 1 aliphatic heterocycles. The lowest BCUT2D eigenvalue weighted by Crippen LogP contribution is -2.35. The monoisotopic (exact) mass is 616 g/mol. The number of H-pyrrole nitrogens is 1. The highest BCUT2D eigenvalue weighted by Gasteiger charge is 2.22. The third kappa shape index (κ3) is 6.90. The molecule has 0 radical (unpaired) electrons. The second kappa shape index (κ2) is 14.6. The SMILES string of the molecule is C#C.CNC(=O)c1c(-c2ccc(F)cc2)oc2cc(N(C)SC)ccc12.O=C(c1cc2c(F)cccc2[nH]1)N1CCCCC1. The zero-order valence-corrected chi connectivity index (χ0v) is 25.6. The molecule has 3 heterocycles. The number of nitrogens with zero attached hydrogens (tertiary/aromatic N) is 2. The molecule has 1 aliphatic rings. The van der Waals surface area contributed by atoms with Gasteiger partial charge in [0, 0.05) is 61.4 Å². The van der Waals surface area contributed by atoms with Crippen LogP contribution < -0.4 is 9.62 Å². The largest absolute Gasteiger partial charge is 0.455 e. The van der Waals surface area contributed by atoms with Crippen molar-refractivity contribution < 1.29 is 22.8 Å². The molecule has 1 saturated heterocycles. The highest BCUT2D eigenvalue weighted by molar-refractivity contribution is 7.99. The number of hydrogen-bond acceptors (Lipinski definition) is 5. The number of furan rings is 1. The molecule has 0 spiro atoms. The first-order valence-electron chi connectivity index (χ1n) is 14.0. The Hall–Kier alpha value is -4.75. The molecule has 1 fully saturated rings. The van der Waals surface area contributed by atoms with Crippen molar-refractivity contribution in [3.63, 3.8) is 0 Å². The number of hydrogen-bond donors (Lipinski definition) is 2. The van der Waals surface area contributed by atoms with Crippen molar-refractivity contribution in [3.05, 3.63) is 89.6 Å². The van der Waals surface area contributed by atoms with Crippen LogP contribution in [0.1, 0.15) is 40.1 Å². The lowest BCUT2D eigenvalue weighted by atomic mass is 10.0. The van der Waals surface area contributed by atoms with E-state index in [0.717, 1.165) is 37.0 Å². The van der Waals surface area contributed by atoms with Crippen molar-refractivity contribution in [1.29, 1.82) is 0 Å². The number of benzene rings is 3.